The van der Waals surface area contributed by atoms with Gasteiger partial charge in [-0.25, -0.2) is 0 Å². The summed E-state index contributed by atoms with van der Waals surface area (Å²) in [5.41, 5.74) is 0.373. The molecule has 5 unspecified atom stereocenters. The van der Waals surface area contributed by atoms with E-state index in [4.69, 9.17) is 4.74 Å². The van der Waals surface area contributed by atoms with Gasteiger partial charge in [0.05, 0.1) is 6.61 Å². The van der Waals surface area contributed by atoms with Gasteiger partial charge in [0, 0.05) is 7.11 Å². The standard InChI is InChI=1S/C23H46O/c1-9-17(2)14-15-23(16-24-8)20(5)12-10-18(3)22(7)19(4)11-13-21(23)6/h17-22H,9-16H2,1-8H3. The zero-order valence-corrected chi connectivity index (χ0v) is 18.0. The molecule has 1 rings (SSSR count). The van der Waals surface area contributed by atoms with Crippen LogP contribution < -0.4 is 0 Å². The third-order valence-electron chi connectivity index (χ3n) is 8.08. The molecule has 0 saturated heterocycles. The van der Waals surface area contributed by atoms with Crippen LogP contribution in [0.25, 0.3) is 0 Å². The molecule has 0 amide bonds. The van der Waals surface area contributed by atoms with Gasteiger partial charge in [-0.2, -0.15) is 0 Å². The normalized spacial score (nSPS) is 40.2. The van der Waals surface area contributed by atoms with Crippen LogP contribution in [0.2, 0.25) is 0 Å². The first-order chi connectivity index (χ1) is 11.3. The van der Waals surface area contributed by atoms with Crippen molar-refractivity contribution in [1.82, 2.24) is 0 Å². The Morgan fingerprint density at radius 1 is 0.917 bits per heavy atom. The highest BCUT2D eigenvalue weighted by atomic mass is 16.5. The fraction of sp³-hybridized carbons (Fsp3) is 1.00. The molecule has 144 valence electrons. The molecule has 0 aromatic carbocycles. The molecule has 0 aromatic heterocycles. The van der Waals surface area contributed by atoms with Crippen molar-refractivity contribution in [2.75, 3.05) is 13.7 Å². The van der Waals surface area contributed by atoms with Gasteiger partial charge in [0.1, 0.15) is 0 Å². The van der Waals surface area contributed by atoms with Gasteiger partial charge >= 0.3 is 0 Å². The van der Waals surface area contributed by atoms with Gasteiger partial charge < -0.3 is 4.74 Å². The van der Waals surface area contributed by atoms with Crippen molar-refractivity contribution in [2.45, 2.75) is 93.4 Å². The molecular weight excluding hydrogens is 292 g/mol. The molecule has 0 aromatic rings. The first-order valence-corrected chi connectivity index (χ1v) is 10.8. The maximum atomic E-state index is 5.83. The molecule has 0 aliphatic heterocycles. The maximum absolute atomic E-state index is 5.83. The summed E-state index contributed by atoms with van der Waals surface area (Å²) in [6, 6.07) is 0. The molecule has 1 aliphatic carbocycles. The van der Waals surface area contributed by atoms with E-state index in [1.165, 1.54) is 44.9 Å². The third-order valence-corrected chi connectivity index (χ3v) is 8.08. The van der Waals surface area contributed by atoms with Gasteiger partial charge in [0.15, 0.2) is 0 Å². The fourth-order valence-electron chi connectivity index (χ4n) is 5.01. The average Bonchev–Trinajstić information content (AvgIpc) is 2.58. The van der Waals surface area contributed by atoms with Crippen molar-refractivity contribution in [2.24, 2.45) is 40.9 Å². The predicted octanol–water partition coefficient (Wildman–Crippen LogP) is 7.20. The van der Waals surface area contributed by atoms with Crippen LogP contribution in [0.1, 0.15) is 93.4 Å². The molecule has 1 fully saturated rings. The van der Waals surface area contributed by atoms with Gasteiger partial charge in [-0.15, -0.1) is 0 Å². The summed E-state index contributed by atoms with van der Waals surface area (Å²) < 4.78 is 5.83. The molecule has 1 saturated carbocycles. The fourth-order valence-corrected chi connectivity index (χ4v) is 5.01. The number of ether oxygens (including phenoxy) is 1. The average molecular weight is 339 g/mol. The summed E-state index contributed by atoms with van der Waals surface area (Å²) >= 11 is 0. The van der Waals surface area contributed by atoms with Crippen LogP contribution in [0.15, 0.2) is 0 Å². The Bertz CT molecular complexity index is 317. The smallest absolute Gasteiger partial charge is 0.0523 e. The second kappa shape index (κ2) is 10.2. The van der Waals surface area contributed by atoms with Crippen molar-refractivity contribution in [3.63, 3.8) is 0 Å². The van der Waals surface area contributed by atoms with Crippen LogP contribution >= 0.6 is 0 Å². The number of hydrogen-bond donors (Lipinski definition) is 0. The summed E-state index contributed by atoms with van der Waals surface area (Å²) in [6.45, 7) is 18.2. The summed E-state index contributed by atoms with van der Waals surface area (Å²) in [7, 11) is 1.91. The monoisotopic (exact) mass is 338 g/mol. The highest BCUT2D eigenvalue weighted by molar-refractivity contribution is 4.91. The van der Waals surface area contributed by atoms with Crippen molar-refractivity contribution in [3.8, 4) is 0 Å². The van der Waals surface area contributed by atoms with Crippen LogP contribution in [0.4, 0.5) is 0 Å². The van der Waals surface area contributed by atoms with Crippen LogP contribution in [-0.4, -0.2) is 13.7 Å². The Hall–Kier alpha value is -0.0400. The van der Waals surface area contributed by atoms with Crippen LogP contribution in [0, 0.1) is 40.9 Å². The van der Waals surface area contributed by atoms with E-state index in [-0.39, 0.29) is 0 Å². The Balaban J connectivity index is 3.01. The molecule has 0 spiro atoms. The van der Waals surface area contributed by atoms with E-state index in [9.17, 15) is 0 Å². The zero-order chi connectivity index (χ0) is 18.3. The van der Waals surface area contributed by atoms with Crippen LogP contribution in [0.3, 0.4) is 0 Å². The lowest BCUT2D eigenvalue weighted by atomic mass is 9.60. The summed E-state index contributed by atoms with van der Waals surface area (Å²) in [6.07, 6.45) is 9.51. The molecule has 0 bridgehead atoms. The van der Waals surface area contributed by atoms with E-state index < -0.39 is 0 Å². The second-order valence-corrected chi connectivity index (χ2v) is 9.49. The van der Waals surface area contributed by atoms with Gasteiger partial charge in [0.25, 0.3) is 0 Å². The SMILES string of the molecule is CCC(C)CCC1(COC)C(C)CCC(C)C(C)C(C)CCC1C. The van der Waals surface area contributed by atoms with Crippen molar-refractivity contribution in [1.29, 1.82) is 0 Å². The molecule has 0 radical (unpaired) electrons. The molecule has 1 heteroatoms. The van der Waals surface area contributed by atoms with Crippen molar-refractivity contribution in [3.05, 3.63) is 0 Å². The molecule has 0 heterocycles. The predicted molar refractivity (Wildman–Crippen MR) is 107 cm³/mol. The lowest BCUT2D eigenvalue weighted by molar-refractivity contribution is -0.0319. The van der Waals surface area contributed by atoms with E-state index in [2.05, 4.69) is 48.5 Å². The summed E-state index contributed by atoms with van der Waals surface area (Å²) in [5, 5.41) is 0. The Labute approximate surface area is 153 Å². The van der Waals surface area contributed by atoms with Crippen molar-refractivity contribution >= 4 is 0 Å². The van der Waals surface area contributed by atoms with Gasteiger partial charge in [-0.05, 0) is 60.2 Å². The Morgan fingerprint density at radius 3 is 1.83 bits per heavy atom. The molecule has 24 heavy (non-hydrogen) atoms. The minimum absolute atomic E-state index is 0.373. The molecule has 5 atom stereocenters. The molecule has 1 aliphatic rings. The van der Waals surface area contributed by atoms with Gasteiger partial charge in [-0.1, -0.05) is 74.1 Å². The van der Waals surface area contributed by atoms with E-state index >= 15 is 0 Å². The zero-order valence-electron chi connectivity index (χ0n) is 18.0. The van der Waals surface area contributed by atoms with Gasteiger partial charge in [-0.3, -0.25) is 0 Å². The topological polar surface area (TPSA) is 9.23 Å². The Morgan fingerprint density at radius 2 is 1.42 bits per heavy atom. The van der Waals surface area contributed by atoms with Gasteiger partial charge in [0.2, 0.25) is 0 Å². The van der Waals surface area contributed by atoms with E-state index in [1.54, 1.807) is 0 Å². The minimum atomic E-state index is 0.373. The van der Waals surface area contributed by atoms with E-state index in [1.807, 2.05) is 7.11 Å². The number of methoxy groups -OCH3 is 1. The van der Waals surface area contributed by atoms with Crippen LogP contribution in [0.5, 0.6) is 0 Å². The van der Waals surface area contributed by atoms with E-state index in [0.29, 0.717) is 5.41 Å². The van der Waals surface area contributed by atoms with Crippen molar-refractivity contribution < 1.29 is 4.74 Å². The number of rotatable bonds is 6. The number of hydrogen-bond acceptors (Lipinski definition) is 1. The maximum Gasteiger partial charge on any atom is 0.0523 e. The lowest BCUT2D eigenvalue weighted by Gasteiger charge is -2.46. The Kier molecular flexibility index (Phi) is 9.34. The highest BCUT2D eigenvalue weighted by Crippen LogP contribution is 2.48. The molecule has 1 nitrogen and oxygen atoms in total. The third kappa shape index (κ3) is 5.48. The lowest BCUT2D eigenvalue weighted by Crippen LogP contribution is -2.41. The first-order valence-electron chi connectivity index (χ1n) is 10.8. The molecular formula is C23H46O. The summed E-state index contributed by atoms with van der Waals surface area (Å²) in [5.74, 6) is 4.93. The highest BCUT2D eigenvalue weighted by Gasteiger charge is 2.41. The second-order valence-electron chi connectivity index (χ2n) is 9.49. The van der Waals surface area contributed by atoms with E-state index in [0.717, 1.165) is 42.1 Å². The first kappa shape index (κ1) is 22.0. The van der Waals surface area contributed by atoms with Crippen LogP contribution in [-0.2, 0) is 4.74 Å². The molecule has 0 N–H and O–H groups in total. The minimum Gasteiger partial charge on any atom is -0.384 e. The largest absolute Gasteiger partial charge is 0.384 e. The summed E-state index contributed by atoms with van der Waals surface area (Å²) in [4.78, 5) is 0. The quantitative estimate of drug-likeness (QED) is 0.497.